The van der Waals surface area contributed by atoms with Gasteiger partial charge in [0.05, 0.1) is 24.3 Å². The Morgan fingerprint density at radius 1 is 1.26 bits per heavy atom. The Labute approximate surface area is 111 Å². The van der Waals surface area contributed by atoms with E-state index >= 15 is 0 Å². The average molecular weight is 266 g/mol. The lowest BCUT2D eigenvalue weighted by atomic mass is 10.2. The zero-order valence-corrected chi connectivity index (χ0v) is 10.6. The molecule has 0 aromatic heterocycles. The van der Waals surface area contributed by atoms with E-state index in [0.29, 0.717) is 13.2 Å². The summed E-state index contributed by atoms with van der Waals surface area (Å²) in [7, 11) is 0. The number of hydrogen-bond donors (Lipinski definition) is 1. The van der Waals surface area contributed by atoms with Crippen LogP contribution < -0.4 is 5.32 Å². The predicted molar refractivity (Wildman–Crippen MR) is 67.8 cm³/mol. The Morgan fingerprint density at radius 3 is 2.47 bits per heavy atom. The number of nitrogens with zero attached hydrogens (tertiary/aromatic N) is 1. The summed E-state index contributed by atoms with van der Waals surface area (Å²) in [6.07, 6.45) is 4.81. The van der Waals surface area contributed by atoms with Crippen LogP contribution in [0.1, 0.15) is 31.2 Å². The first-order valence-electron chi connectivity index (χ1n) is 6.45. The van der Waals surface area contributed by atoms with Crippen LogP contribution in [0.2, 0.25) is 0 Å². The number of anilines is 1. The summed E-state index contributed by atoms with van der Waals surface area (Å²) < 4.78 is 32.7. The summed E-state index contributed by atoms with van der Waals surface area (Å²) in [6, 6.07) is 3.74. The maximum atomic E-state index is 13.5. The number of halogens is 2. The van der Waals surface area contributed by atoms with Gasteiger partial charge in [0.1, 0.15) is 5.69 Å². The van der Waals surface area contributed by atoms with Gasteiger partial charge >= 0.3 is 0 Å². The van der Waals surface area contributed by atoms with Gasteiger partial charge in [0.15, 0.2) is 11.6 Å². The number of nitrogens with one attached hydrogen (secondary N) is 1. The Bertz CT molecular complexity index is 456. The fourth-order valence-corrected chi connectivity index (χ4v) is 2.26. The molecule has 1 N–H and O–H groups in total. The molecule has 19 heavy (non-hydrogen) atoms. The van der Waals surface area contributed by atoms with Gasteiger partial charge in [-0.25, -0.2) is 8.78 Å². The molecule has 0 heterocycles. The molecule has 0 amide bonds. The Hall–Kier alpha value is -1.67. The molecule has 1 aliphatic carbocycles. The summed E-state index contributed by atoms with van der Waals surface area (Å²) in [4.78, 5) is 0. The van der Waals surface area contributed by atoms with E-state index in [0.717, 1.165) is 25.0 Å². The minimum atomic E-state index is -0.752. The first-order chi connectivity index (χ1) is 9.20. The molecular formula is C14H16F2N2O. The highest BCUT2D eigenvalue weighted by Gasteiger charge is 2.15. The molecule has 1 aliphatic rings. The van der Waals surface area contributed by atoms with E-state index in [1.54, 1.807) is 6.07 Å². The number of nitriles is 1. The largest absolute Gasteiger partial charge is 0.378 e. The molecule has 2 rings (SSSR count). The quantitative estimate of drug-likeness (QED) is 0.832. The third-order valence-corrected chi connectivity index (χ3v) is 3.23. The summed E-state index contributed by atoms with van der Waals surface area (Å²) in [5.41, 5.74) is -0.225. The number of benzene rings is 1. The monoisotopic (exact) mass is 266 g/mol. The fraction of sp³-hybridized carbons (Fsp3) is 0.500. The van der Waals surface area contributed by atoms with E-state index < -0.39 is 11.6 Å². The van der Waals surface area contributed by atoms with E-state index in [4.69, 9.17) is 10.00 Å². The fourth-order valence-electron chi connectivity index (χ4n) is 2.26. The highest BCUT2D eigenvalue weighted by atomic mass is 19.1. The van der Waals surface area contributed by atoms with Crippen LogP contribution in [0.4, 0.5) is 14.5 Å². The second-order valence-corrected chi connectivity index (χ2v) is 4.63. The molecule has 1 aromatic carbocycles. The predicted octanol–water partition coefficient (Wildman–Crippen LogP) is 3.21. The summed E-state index contributed by atoms with van der Waals surface area (Å²) >= 11 is 0. The minimum absolute atomic E-state index is 0.0252. The van der Waals surface area contributed by atoms with Crippen molar-refractivity contribution in [1.29, 1.82) is 5.26 Å². The van der Waals surface area contributed by atoms with Crippen molar-refractivity contribution in [3.05, 3.63) is 29.3 Å². The molecule has 0 bridgehead atoms. The topological polar surface area (TPSA) is 45.0 Å². The molecule has 0 aliphatic heterocycles. The van der Waals surface area contributed by atoms with Gasteiger partial charge in [-0.15, -0.1) is 0 Å². The van der Waals surface area contributed by atoms with Crippen molar-refractivity contribution in [1.82, 2.24) is 0 Å². The van der Waals surface area contributed by atoms with Gasteiger partial charge in [-0.3, -0.25) is 0 Å². The zero-order chi connectivity index (χ0) is 13.7. The first kappa shape index (κ1) is 13.8. The summed E-state index contributed by atoms with van der Waals surface area (Å²) in [6.45, 7) is 0.764. The third kappa shape index (κ3) is 3.65. The van der Waals surface area contributed by atoms with Crippen molar-refractivity contribution in [3.8, 4) is 6.07 Å². The molecule has 5 heteroatoms. The molecule has 1 fully saturated rings. The van der Waals surface area contributed by atoms with E-state index in [1.165, 1.54) is 12.8 Å². The lowest BCUT2D eigenvalue weighted by Crippen LogP contribution is -2.16. The third-order valence-electron chi connectivity index (χ3n) is 3.23. The first-order valence-corrected chi connectivity index (χ1v) is 6.45. The maximum Gasteiger partial charge on any atom is 0.150 e. The van der Waals surface area contributed by atoms with Gasteiger partial charge in [-0.1, -0.05) is 12.8 Å². The Kier molecular flexibility index (Phi) is 4.69. The van der Waals surface area contributed by atoms with Crippen LogP contribution in [0.3, 0.4) is 0 Å². The van der Waals surface area contributed by atoms with Gasteiger partial charge in [-0.2, -0.15) is 5.26 Å². The van der Waals surface area contributed by atoms with Crippen LogP contribution in [-0.4, -0.2) is 19.3 Å². The van der Waals surface area contributed by atoms with Crippen molar-refractivity contribution in [2.45, 2.75) is 31.8 Å². The molecule has 3 nitrogen and oxygen atoms in total. The van der Waals surface area contributed by atoms with Gasteiger partial charge in [-0.05, 0) is 25.0 Å². The van der Waals surface area contributed by atoms with Crippen LogP contribution in [0.5, 0.6) is 0 Å². The summed E-state index contributed by atoms with van der Waals surface area (Å²) in [5, 5.41) is 11.3. The lowest BCUT2D eigenvalue weighted by molar-refractivity contribution is 0.0658. The molecule has 102 valence electrons. The van der Waals surface area contributed by atoms with E-state index in [-0.39, 0.29) is 17.4 Å². The van der Waals surface area contributed by atoms with Crippen molar-refractivity contribution < 1.29 is 13.5 Å². The molecule has 0 spiro atoms. The van der Waals surface area contributed by atoms with Gasteiger partial charge in [0.2, 0.25) is 0 Å². The van der Waals surface area contributed by atoms with Crippen LogP contribution in [0.25, 0.3) is 0 Å². The molecule has 0 unspecified atom stereocenters. The van der Waals surface area contributed by atoms with E-state index in [9.17, 15) is 8.78 Å². The van der Waals surface area contributed by atoms with Gasteiger partial charge in [0, 0.05) is 6.54 Å². The molecule has 1 saturated carbocycles. The van der Waals surface area contributed by atoms with Crippen molar-refractivity contribution in [2.24, 2.45) is 0 Å². The molecular weight excluding hydrogens is 250 g/mol. The second kappa shape index (κ2) is 6.48. The number of ether oxygens (including phenoxy) is 1. The van der Waals surface area contributed by atoms with Crippen LogP contribution in [-0.2, 0) is 4.74 Å². The minimum Gasteiger partial charge on any atom is -0.378 e. The molecule has 0 radical (unpaired) electrons. The Morgan fingerprint density at radius 2 is 1.89 bits per heavy atom. The molecule has 0 atom stereocenters. The molecule has 0 saturated heterocycles. The standard InChI is InChI=1S/C14H16F2N2O/c15-12-7-10(9-17)8-13(16)14(12)18-5-6-19-11-3-1-2-4-11/h7-8,11,18H,1-6H2. The highest BCUT2D eigenvalue weighted by molar-refractivity contribution is 5.50. The van der Waals surface area contributed by atoms with Gasteiger partial charge < -0.3 is 10.1 Å². The van der Waals surface area contributed by atoms with Crippen LogP contribution in [0.15, 0.2) is 12.1 Å². The lowest BCUT2D eigenvalue weighted by Gasteiger charge is -2.13. The normalized spacial score (nSPS) is 15.4. The van der Waals surface area contributed by atoms with Crippen LogP contribution >= 0.6 is 0 Å². The van der Waals surface area contributed by atoms with Crippen molar-refractivity contribution in [3.63, 3.8) is 0 Å². The van der Waals surface area contributed by atoms with Crippen LogP contribution in [0, 0.1) is 23.0 Å². The Balaban J connectivity index is 1.84. The SMILES string of the molecule is N#Cc1cc(F)c(NCCOC2CCCC2)c(F)c1. The van der Waals surface area contributed by atoms with Crippen molar-refractivity contribution >= 4 is 5.69 Å². The second-order valence-electron chi connectivity index (χ2n) is 4.63. The highest BCUT2D eigenvalue weighted by Crippen LogP contribution is 2.22. The number of rotatable bonds is 5. The molecule has 1 aromatic rings. The summed E-state index contributed by atoms with van der Waals surface area (Å²) in [5.74, 6) is -1.50. The van der Waals surface area contributed by atoms with E-state index in [2.05, 4.69) is 5.32 Å². The smallest absolute Gasteiger partial charge is 0.150 e. The maximum absolute atomic E-state index is 13.5. The average Bonchev–Trinajstić information content (AvgIpc) is 2.89. The van der Waals surface area contributed by atoms with E-state index in [1.807, 2.05) is 0 Å². The number of hydrogen-bond acceptors (Lipinski definition) is 3. The van der Waals surface area contributed by atoms with Gasteiger partial charge in [0.25, 0.3) is 0 Å². The van der Waals surface area contributed by atoms with Crippen molar-refractivity contribution in [2.75, 3.05) is 18.5 Å². The zero-order valence-electron chi connectivity index (χ0n) is 10.6.